The van der Waals surface area contributed by atoms with Gasteiger partial charge in [-0.05, 0) is 39.2 Å². The van der Waals surface area contributed by atoms with Gasteiger partial charge in [0, 0.05) is 6.04 Å². The number of hydrogen-bond acceptors (Lipinski definition) is 2. The Morgan fingerprint density at radius 3 is 2.53 bits per heavy atom. The second-order valence-corrected chi connectivity index (χ2v) is 5.56. The molecule has 0 saturated heterocycles. The lowest BCUT2D eigenvalue weighted by atomic mass is 10.0. The smallest absolute Gasteiger partial charge is 0.407 e. The number of alkyl carbamates (subject to hydrolysis) is 1. The van der Waals surface area contributed by atoms with Gasteiger partial charge in [0.05, 0.1) is 0 Å². The van der Waals surface area contributed by atoms with E-state index in [1.54, 1.807) is 0 Å². The summed E-state index contributed by atoms with van der Waals surface area (Å²) in [6, 6.07) is 10.1. The highest BCUT2D eigenvalue weighted by atomic mass is 16.6. The minimum Gasteiger partial charge on any atom is -0.444 e. The van der Waals surface area contributed by atoms with Crippen molar-refractivity contribution in [1.29, 1.82) is 0 Å². The van der Waals surface area contributed by atoms with Crippen LogP contribution in [-0.2, 0) is 11.2 Å². The lowest BCUT2D eigenvalue weighted by Crippen LogP contribution is -2.40. The number of nitrogens with one attached hydrogen (secondary N) is 1. The van der Waals surface area contributed by atoms with E-state index in [4.69, 9.17) is 4.74 Å². The average Bonchev–Trinajstić information content (AvgIpc) is 2.27. The highest BCUT2D eigenvalue weighted by Gasteiger charge is 2.19. The lowest BCUT2D eigenvalue weighted by molar-refractivity contribution is 0.0505. The normalized spacial score (nSPS) is 12.6. The molecule has 1 atom stereocenters. The van der Waals surface area contributed by atoms with Crippen molar-refractivity contribution < 1.29 is 9.53 Å². The summed E-state index contributed by atoms with van der Waals surface area (Å²) in [4.78, 5) is 11.8. The van der Waals surface area contributed by atoms with Gasteiger partial charge in [-0.1, -0.05) is 36.4 Å². The third kappa shape index (κ3) is 6.65. The van der Waals surface area contributed by atoms with E-state index in [2.05, 4.69) is 11.9 Å². The van der Waals surface area contributed by atoms with Crippen molar-refractivity contribution in [3.8, 4) is 0 Å². The third-order valence-corrected chi connectivity index (χ3v) is 2.50. The van der Waals surface area contributed by atoms with Gasteiger partial charge in [-0.15, -0.1) is 6.58 Å². The molecule has 0 aliphatic heterocycles. The highest BCUT2D eigenvalue weighted by Crippen LogP contribution is 2.10. The summed E-state index contributed by atoms with van der Waals surface area (Å²) in [5, 5.41) is 2.89. The molecule has 0 aliphatic rings. The molecule has 1 N–H and O–H groups in total. The Hall–Kier alpha value is -1.77. The molecule has 0 fully saturated rings. The Bertz CT molecular complexity index is 407. The molecular weight excluding hydrogens is 238 g/mol. The van der Waals surface area contributed by atoms with Crippen molar-refractivity contribution in [2.45, 2.75) is 45.3 Å². The van der Waals surface area contributed by atoms with Gasteiger partial charge in [0.1, 0.15) is 5.60 Å². The van der Waals surface area contributed by atoms with Crippen molar-refractivity contribution in [2.24, 2.45) is 0 Å². The molecule has 0 heterocycles. The van der Waals surface area contributed by atoms with Crippen molar-refractivity contribution in [1.82, 2.24) is 5.32 Å². The van der Waals surface area contributed by atoms with Crippen molar-refractivity contribution in [2.75, 3.05) is 0 Å². The van der Waals surface area contributed by atoms with Gasteiger partial charge >= 0.3 is 6.09 Å². The fourth-order valence-corrected chi connectivity index (χ4v) is 1.77. The first-order valence-electron chi connectivity index (χ1n) is 6.55. The summed E-state index contributed by atoms with van der Waals surface area (Å²) in [5.74, 6) is 0. The van der Waals surface area contributed by atoms with Gasteiger partial charge < -0.3 is 10.1 Å². The zero-order valence-corrected chi connectivity index (χ0v) is 12.0. The molecular formula is C16H23NO2. The third-order valence-electron chi connectivity index (χ3n) is 2.50. The van der Waals surface area contributed by atoms with Crippen LogP contribution in [0.4, 0.5) is 4.79 Å². The van der Waals surface area contributed by atoms with Gasteiger partial charge in [0.2, 0.25) is 0 Å². The molecule has 0 bridgehead atoms. The van der Waals surface area contributed by atoms with E-state index in [1.165, 1.54) is 5.56 Å². The van der Waals surface area contributed by atoms with Crippen LogP contribution in [0.25, 0.3) is 0 Å². The van der Waals surface area contributed by atoms with Crippen LogP contribution < -0.4 is 5.32 Å². The zero-order valence-electron chi connectivity index (χ0n) is 12.0. The van der Waals surface area contributed by atoms with Crippen LogP contribution in [0.2, 0.25) is 0 Å². The fraction of sp³-hybridized carbons (Fsp3) is 0.438. The zero-order chi connectivity index (χ0) is 14.3. The largest absolute Gasteiger partial charge is 0.444 e. The summed E-state index contributed by atoms with van der Waals surface area (Å²) in [6.45, 7) is 9.29. The average molecular weight is 261 g/mol. The maximum atomic E-state index is 11.8. The maximum absolute atomic E-state index is 11.8. The van der Waals surface area contributed by atoms with E-state index < -0.39 is 5.60 Å². The maximum Gasteiger partial charge on any atom is 0.407 e. The molecule has 1 rings (SSSR count). The van der Waals surface area contributed by atoms with Gasteiger partial charge in [0.15, 0.2) is 0 Å². The van der Waals surface area contributed by atoms with Crippen LogP contribution in [0, 0.1) is 0 Å². The van der Waals surface area contributed by atoms with E-state index in [-0.39, 0.29) is 12.1 Å². The predicted octanol–water partition coefficient (Wildman–Crippen LogP) is 3.70. The van der Waals surface area contributed by atoms with E-state index in [0.717, 1.165) is 6.42 Å². The molecule has 0 unspecified atom stereocenters. The molecule has 104 valence electrons. The molecule has 19 heavy (non-hydrogen) atoms. The van der Waals surface area contributed by atoms with Gasteiger partial charge in [0.25, 0.3) is 0 Å². The van der Waals surface area contributed by atoms with Crippen molar-refractivity contribution >= 4 is 6.09 Å². The number of ether oxygens (including phenoxy) is 1. The van der Waals surface area contributed by atoms with Crippen LogP contribution in [-0.4, -0.2) is 17.7 Å². The molecule has 3 heteroatoms. The number of carbonyl (C=O) groups is 1. The van der Waals surface area contributed by atoms with Crippen LogP contribution >= 0.6 is 0 Å². The highest BCUT2D eigenvalue weighted by molar-refractivity contribution is 5.68. The predicted molar refractivity (Wildman–Crippen MR) is 78.1 cm³/mol. The van der Waals surface area contributed by atoms with Crippen molar-refractivity contribution in [3.05, 3.63) is 48.6 Å². The summed E-state index contributed by atoms with van der Waals surface area (Å²) >= 11 is 0. The SMILES string of the molecule is C=CC[C@@H](Cc1ccccc1)NC(=O)OC(C)(C)C. The molecule has 0 spiro atoms. The van der Waals surface area contributed by atoms with Crippen LogP contribution in [0.3, 0.4) is 0 Å². The monoisotopic (exact) mass is 261 g/mol. The van der Waals surface area contributed by atoms with Gasteiger partial charge in [-0.25, -0.2) is 4.79 Å². The van der Waals surface area contributed by atoms with Gasteiger partial charge in [-0.2, -0.15) is 0 Å². The second kappa shape index (κ2) is 6.98. The van der Waals surface area contributed by atoms with Crippen molar-refractivity contribution in [3.63, 3.8) is 0 Å². The molecule has 1 aromatic rings. The number of amides is 1. The number of carbonyl (C=O) groups excluding carboxylic acids is 1. The second-order valence-electron chi connectivity index (χ2n) is 5.56. The van der Waals surface area contributed by atoms with Crippen LogP contribution in [0.1, 0.15) is 32.8 Å². The lowest BCUT2D eigenvalue weighted by Gasteiger charge is -2.23. The van der Waals surface area contributed by atoms with Gasteiger partial charge in [-0.3, -0.25) is 0 Å². The topological polar surface area (TPSA) is 38.3 Å². The number of hydrogen-bond donors (Lipinski definition) is 1. The Labute approximate surface area is 115 Å². The standard InChI is InChI=1S/C16H23NO2/c1-5-9-14(12-13-10-7-6-8-11-13)17-15(18)19-16(2,3)4/h5-8,10-11,14H,1,9,12H2,2-4H3,(H,17,18)/t14-/m0/s1. The molecule has 3 nitrogen and oxygen atoms in total. The van der Waals surface area contributed by atoms with Crippen LogP contribution in [0.5, 0.6) is 0 Å². The minimum absolute atomic E-state index is 0.00903. The summed E-state index contributed by atoms with van der Waals surface area (Å²) in [7, 11) is 0. The molecule has 0 saturated carbocycles. The van der Waals surface area contributed by atoms with E-state index in [9.17, 15) is 4.79 Å². The Balaban J connectivity index is 2.58. The fourth-order valence-electron chi connectivity index (χ4n) is 1.77. The van der Waals surface area contributed by atoms with Crippen LogP contribution in [0.15, 0.2) is 43.0 Å². The Morgan fingerprint density at radius 2 is 2.00 bits per heavy atom. The first kappa shape index (κ1) is 15.3. The van der Waals surface area contributed by atoms with E-state index in [0.29, 0.717) is 6.42 Å². The number of benzene rings is 1. The Kier molecular flexibility index (Phi) is 5.61. The molecule has 0 aliphatic carbocycles. The summed E-state index contributed by atoms with van der Waals surface area (Å²) in [5.41, 5.74) is 0.709. The molecule has 0 aromatic heterocycles. The summed E-state index contributed by atoms with van der Waals surface area (Å²) < 4.78 is 5.27. The first-order chi connectivity index (χ1) is 8.90. The number of rotatable bonds is 5. The molecule has 1 aromatic carbocycles. The quantitative estimate of drug-likeness (QED) is 0.821. The molecule has 0 radical (unpaired) electrons. The minimum atomic E-state index is -0.477. The van der Waals surface area contributed by atoms with E-state index in [1.807, 2.05) is 57.2 Å². The molecule has 1 amide bonds. The Morgan fingerprint density at radius 1 is 1.37 bits per heavy atom. The van der Waals surface area contributed by atoms with E-state index >= 15 is 0 Å². The summed E-state index contributed by atoms with van der Waals surface area (Å²) in [6.07, 6.45) is 2.92. The first-order valence-corrected chi connectivity index (χ1v) is 6.55.